The zero-order chi connectivity index (χ0) is 18.6. The molecule has 0 bridgehead atoms. The van der Waals surface area contributed by atoms with Gasteiger partial charge in [-0.2, -0.15) is 0 Å². The van der Waals surface area contributed by atoms with Crippen molar-refractivity contribution in [3.63, 3.8) is 0 Å². The number of hydrogen-bond donors (Lipinski definition) is 3. The van der Waals surface area contributed by atoms with Crippen LogP contribution in [0, 0.1) is 5.92 Å². The predicted octanol–water partition coefficient (Wildman–Crippen LogP) is 3.46. The summed E-state index contributed by atoms with van der Waals surface area (Å²) in [4.78, 5) is 16.2. The molecule has 144 valence electrons. The molecule has 0 atom stereocenters. The summed E-state index contributed by atoms with van der Waals surface area (Å²) in [5, 5.41) is 9.56. The van der Waals surface area contributed by atoms with Gasteiger partial charge in [0, 0.05) is 32.2 Å². The van der Waals surface area contributed by atoms with E-state index in [1.165, 1.54) is 44.9 Å². The van der Waals surface area contributed by atoms with Gasteiger partial charge in [-0.25, -0.2) is 0 Å². The van der Waals surface area contributed by atoms with E-state index in [0.29, 0.717) is 18.7 Å². The quantitative estimate of drug-likeness (QED) is 0.379. The molecule has 1 aliphatic rings. The number of benzene rings is 1. The van der Waals surface area contributed by atoms with E-state index in [2.05, 4.69) is 20.9 Å². The molecule has 1 fully saturated rings. The number of aliphatic imine (C=N–C) groups is 1. The molecule has 0 aromatic heterocycles. The average molecular weight is 359 g/mol. The number of guanidine groups is 1. The van der Waals surface area contributed by atoms with Crippen molar-refractivity contribution in [1.82, 2.24) is 16.0 Å². The van der Waals surface area contributed by atoms with Crippen LogP contribution in [-0.2, 0) is 6.54 Å². The number of carbonyl (C=O) groups excluding carboxylic acids is 1. The molecule has 0 radical (unpaired) electrons. The third kappa shape index (κ3) is 7.06. The fraction of sp³-hybridized carbons (Fsp3) is 0.619. The Balaban J connectivity index is 1.71. The van der Waals surface area contributed by atoms with Crippen LogP contribution in [0.5, 0.6) is 0 Å². The van der Waals surface area contributed by atoms with Crippen molar-refractivity contribution in [2.45, 2.75) is 58.4 Å². The molecule has 5 nitrogen and oxygen atoms in total. The first kappa shape index (κ1) is 20.3. The number of hydrogen-bond acceptors (Lipinski definition) is 2. The Morgan fingerprint density at radius 3 is 2.69 bits per heavy atom. The highest BCUT2D eigenvalue weighted by Gasteiger charge is 2.12. The molecule has 3 N–H and O–H groups in total. The van der Waals surface area contributed by atoms with Gasteiger partial charge in [0.15, 0.2) is 5.96 Å². The highest BCUT2D eigenvalue weighted by atomic mass is 16.1. The maximum absolute atomic E-state index is 11.9. The van der Waals surface area contributed by atoms with Crippen molar-refractivity contribution in [1.29, 1.82) is 0 Å². The van der Waals surface area contributed by atoms with Crippen molar-refractivity contribution in [2.75, 3.05) is 20.1 Å². The van der Waals surface area contributed by atoms with Gasteiger partial charge in [0.25, 0.3) is 5.91 Å². The molecule has 0 aliphatic heterocycles. The lowest BCUT2D eigenvalue weighted by molar-refractivity contribution is 0.0955. The first-order valence-electron chi connectivity index (χ1n) is 10.0. The van der Waals surface area contributed by atoms with E-state index in [9.17, 15) is 4.79 Å². The maximum atomic E-state index is 11.9. The zero-order valence-electron chi connectivity index (χ0n) is 16.3. The zero-order valence-corrected chi connectivity index (χ0v) is 16.3. The van der Waals surface area contributed by atoms with E-state index in [0.717, 1.165) is 24.0 Å². The van der Waals surface area contributed by atoms with E-state index in [1.807, 2.05) is 31.2 Å². The highest BCUT2D eigenvalue weighted by molar-refractivity contribution is 5.94. The highest BCUT2D eigenvalue weighted by Crippen LogP contribution is 2.26. The van der Waals surface area contributed by atoms with Gasteiger partial charge in [0.1, 0.15) is 0 Å². The van der Waals surface area contributed by atoms with E-state index in [4.69, 9.17) is 0 Å². The lowest BCUT2D eigenvalue weighted by atomic mass is 9.86. The Bertz CT molecular complexity index is 579. The maximum Gasteiger partial charge on any atom is 0.251 e. The van der Waals surface area contributed by atoms with Crippen LogP contribution in [-0.4, -0.2) is 32.0 Å². The van der Waals surface area contributed by atoms with E-state index in [1.54, 1.807) is 7.05 Å². The molecule has 26 heavy (non-hydrogen) atoms. The third-order valence-electron chi connectivity index (χ3n) is 5.02. The molecular weight excluding hydrogens is 324 g/mol. The lowest BCUT2D eigenvalue weighted by Crippen LogP contribution is -2.37. The Hall–Kier alpha value is -2.04. The van der Waals surface area contributed by atoms with E-state index < -0.39 is 0 Å². The summed E-state index contributed by atoms with van der Waals surface area (Å²) in [5.41, 5.74) is 1.76. The number of amides is 1. The Morgan fingerprint density at radius 1 is 1.15 bits per heavy atom. The average Bonchev–Trinajstić information content (AvgIpc) is 2.68. The normalized spacial score (nSPS) is 15.5. The fourth-order valence-electron chi connectivity index (χ4n) is 3.56. The first-order chi connectivity index (χ1) is 12.7. The van der Waals surface area contributed by atoms with Gasteiger partial charge < -0.3 is 16.0 Å². The molecule has 0 saturated heterocycles. The number of nitrogens with zero attached hydrogens (tertiary/aromatic N) is 1. The van der Waals surface area contributed by atoms with Crippen molar-refractivity contribution in [2.24, 2.45) is 10.9 Å². The van der Waals surface area contributed by atoms with Crippen LogP contribution in [0.1, 0.15) is 67.8 Å². The molecule has 0 spiro atoms. The SMILES string of the molecule is CCNC(=O)c1cccc(CNC(=NC)NCCCC2CCCCC2)c1. The van der Waals surface area contributed by atoms with Crippen LogP contribution in [0.25, 0.3) is 0 Å². The van der Waals surface area contributed by atoms with Gasteiger partial charge in [-0.3, -0.25) is 9.79 Å². The predicted molar refractivity (Wildman–Crippen MR) is 108 cm³/mol. The molecule has 1 amide bonds. The Labute approximate surface area is 158 Å². The summed E-state index contributed by atoms with van der Waals surface area (Å²) in [6, 6.07) is 7.70. The van der Waals surface area contributed by atoms with Gasteiger partial charge in [-0.1, -0.05) is 44.2 Å². The largest absolute Gasteiger partial charge is 0.356 e. The monoisotopic (exact) mass is 358 g/mol. The third-order valence-corrected chi connectivity index (χ3v) is 5.02. The fourth-order valence-corrected chi connectivity index (χ4v) is 3.56. The standard InChI is InChI=1S/C21H34N4O/c1-3-23-20(26)19-13-7-11-18(15-19)16-25-21(22-2)24-14-8-12-17-9-5-4-6-10-17/h7,11,13,15,17H,3-6,8-10,12,14,16H2,1-2H3,(H,23,26)(H2,22,24,25). The molecule has 1 aromatic rings. The number of rotatable bonds is 8. The van der Waals surface area contributed by atoms with Crippen LogP contribution in [0.15, 0.2) is 29.3 Å². The Morgan fingerprint density at radius 2 is 1.96 bits per heavy atom. The molecule has 2 rings (SSSR count). The summed E-state index contributed by atoms with van der Waals surface area (Å²) in [6.07, 6.45) is 9.58. The molecule has 5 heteroatoms. The van der Waals surface area contributed by atoms with Crippen LogP contribution in [0.3, 0.4) is 0 Å². The molecule has 1 saturated carbocycles. The van der Waals surface area contributed by atoms with Crippen molar-refractivity contribution in [3.8, 4) is 0 Å². The second-order valence-corrected chi connectivity index (χ2v) is 7.06. The second kappa shape index (κ2) is 11.6. The van der Waals surface area contributed by atoms with Gasteiger partial charge in [0.05, 0.1) is 0 Å². The second-order valence-electron chi connectivity index (χ2n) is 7.06. The van der Waals surface area contributed by atoms with Crippen LogP contribution < -0.4 is 16.0 Å². The molecule has 0 heterocycles. The minimum Gasteiger partial charge on any atom is -0.356 e. The van der Waals surface area contributed by atoms with Crippen molar-refractivity contribution >= 4 is 11.9 Å². The molecule has 1 aliphatic carbocycles. The van der Waals surface area contributed by atoms with Gasteiger partial charge in [0.2, 0.25) is 0 Å². The van der Waals surface area contributed by atoms with Gasteiger partial charge >= 0.3 is 0 Å². The summed E-state index contributed by atoms with van der Waals surface area (Å²) >= 11 is 0. The smallest absolute Gasteiger partial charge is 0.251 e. The summed E-state index contributed by atoms with van der Waals surface area (Å²) in [6.45, 7) is 4.16. The summed E-state index contributed by atoms with van der Waals surface area (Å²) in [5.74, 6) is 1.72. The number of carbonyl (C=O) groups is 1. The molecule has 0 unspecified atom stereocenters. The van der Waals surface area contributed by atoms with Crippen LogP contribution in [0.4, 0.5) is 0 Å². The lowest BCUT2D eigenvalue weighted by Gasteiger charge is -2.21. The van der Waals surface area contributed by atoms with E-state index >= 15 is 0 Å². The van der Waals surface area contributed by atoms with Gasteiger partial charge in [-0.15, -0.1) is 0 Å². The van der Waals surface area contributed by atoms with Crippen molar-refractivity contribution in [3.05, 3.63) is 35.4 Å². The van der Waals surface area contributed by atoms with Gasteiger partial charge in [-0.05, 0) is 43.4 Å². The van der Waals surface area contributed by atoms with Crippen molar-refractivity contribution < 1.29 is 4.79 Å². The van der Waals surface area contributed by atoms with Crippen LogP contribution in [0.2, 0.25) is 0 Å². The van der Waals surface area contributed by atoms with E-state index in [-0.39, 0.29) is 5.91 Å². The minimum absolute atomic E-state index is 0.0282. The topological polar surface area (TPSA) is 65.5 Å². The summed E-state index contributed by atoms with van der Waals surface area (Å²) in [7, 11) is 1.79. The number of nitrogens with one attached hydrogen (secondary N) is 3. The van der Waals surface area contributed by atoms with Crippen LogP contribution >= 0.6 is 0 Å². The molecule has 1 aromatic carbocycles. The Kier molecular flexibility index (Phi) is 9.01. The molecular formula is C21H34N4O. The minimum atomic E-state index is -0.0282. The first-order valence-corrected chi connectivity index (χ1v) is 10.0. The summed E-state index contributed by atoms with van der Waals surface area (Å²) < 4.78 is 0.